The molecule has 0 aliphatic carbocycles. The first kappa shape index (κ1) is 13.9. The SMILES string of the molecule is CCOc1ccc(NC(=O)c2cnn(C)c2N)cc1F. The fourth-order valence-corrected chi connectivity index (χ4v) is 1.67. The maximum atomic E-state index is 13.7. The molecule has 0 aliphatic rings. The molecule has 2 rings (SSSR count). The average Bonchev–Trinajstić information content (AvgIpc) is 2.73. The number of benzene rings is 1. The smallest absolute Gasteiger partial charge is 0.261 e. The van der Waals surface area contributed by atoms with Gasteiger partial charge in [0.15, 0.2) is 11.6 Å². The molecule has 0 saturated carbocycles. The number of hydrogen-bond acceptors (Lipinski definition) is 4. The Hall–Kier alpha value is -2.57. The van der Waals surface area contributed by atoms with Gasteiger partial charge < -0.3 is 15.8 Å². The number of aromatic nitrogens is 2. The number of halogens is 1. The highest BCUT2D eigenvalue weighted by Crippen LogP contribution is 2.22. The van der Waals surface area contributed by atoms with Crippen LogP contribution in [-0.2, 0) is 7.05 Å². The maximum absolute atomic E-state index is 13.7. The molecule has 0 spiro atoms. The van der Waals surface area contributed by atoms with Crippen LogP contribution in [0, 0.1) is 5.82 Å². The molecular formula is C13H15FN4O2. The van der Waals surface area contributed by atoms with Gasteiger partial charge in [-0.05, 0) is 19.1 Å². The highest BCUT2D eigenvalue weighted by atomic mass is 19.1. The second-order valence-corrected chi connectivity index (χ2v) is 4.10. The van der Waals surface area contributed by atoms with Crippen LogP contribution in [-0.4, -0.2) is 22.3 Å². The van der Waals surface area contributed by atoms with Crippen molar-refractivity contribution in [2.75, 3.05) is 17.7 Å². The third kappa shape index (κ3) is 2.71. The second-order valence-electron chi connectivity index (χ2n) is 4.10. The van der Waals surface area contributed by atoms with E-state index in [1.807, 2.05) is 0 Å². The Kier molecular flexibility index (Phi) is 3.88. The fourth-order valence-electron chi connectivity index (χ4n) is 1.67. The van der Waals surface area contributed by atoms with E-state index in [-0.39, 0.29) is 17.1 Å². The Labute approximate surface area is 115 Å². The molecule has 1 amide bonds. The van der Waals surface area contributed by atoms with Gasteiger partial charge in [0.1, 0.15) is 11.4 Å². The topological polar surface area (TPSA) is 82.2 Å². The van der Waals surface area contributed by atoms with E-state index in [0.717, 1.165) is 0 Å². The first-order valence-corrected chi connectivity index (χ1v) is 6.04. The summed E-state index contributed by atoms with van der Waals surface area (Å²) in [6.07, 6.45) is 1.36. The Balaban J connectivity index is 2.16. The number of rotatable bonds is 4. The number of carbonyl (C=O) groups excluding carboxylic acids is 1. The standard InChI is InChI=1S/C13H15FN4O2/c1-3-20-11-5-4-8(6-10(11)14)17-13(19)9-7-16-18(2)12(9)15/h4-7H,3,15H2,1-2H3,(H,17,19). The van der Waals surface area contributed by atoms with Gasteiger partial charge in [-0.25, -0.2) is 4.39 Å². The zero-order chi connectivity index (χ0) is 14.7. The predicted octanol–water partition coefficient (Wildman–Crippen LogP) is 1.79. The molecule has 106 valence electrons. The van der Waals surface area contributed by atoms with Crippen molar-refractivity contribution in [3.8, 4) is 5.75 Å². The predicted molar refractivity (Wildman–Crippen MR) is 73.1 cm³/mol. The third-order valence-electron chi connectivity index (χ3n) is 2.72. The summed E-state index contributed by atoms with van der Waals surface area (Å²) in [7, 11) is 1.63. The highest BCUT2D eigenvalue weighted by Gasteiger charge is 2.14. The van der Waals surface area contributed by atoms with Crippen molar-refractivity contribution in [3.05, 3.63) is 35.8 Å². The summed E-state index contributed by atoms with van der Waals surface area (Å²) in [5.41, 5.74) is 6.25. The fraction of sp³-hybridized carbons (Fsp3) is 0.231. The number of anilines is 2. The zero-order valence-electron chi connectivity index (χ0n) is 11.2. The van der Waals surface area contributed by atoms with Crippen LogP contribution in [0.3, 0.4) is 0 Å². The van der Waals surface area contributed by atoms with Crippen LogP contribution in [0.1, 0.15) is 17.3 Å². The van der Waals surface area contributed by atoms with Crippen LogP contribution >= 0.6 is 0 Å². The molecular weight excluding hydrogens is 263 g/mol. The van der Waals surface area contributed by atoms with Crippen molar-refractivity contribution in [2.45, 2.75) is 6.92 Å². The molecule has 20 heavy (non-hydrogen) atoms. The molecule has 0 radical (unpaired) electrons. The molecule has 0 aliphatic heterocycles. The van der Waals surface area contributed by atoms with Crippen LogP contribution in [0.5, 0.6) is 5.75 Å². The Morgan fingerprint density at radius 3 is 2.85 bits per heavy atom. The van der Waals surface area contributed by atoms with Gasteiger partial charge in [-0.15, -0.1) is 0 Å². The molecule has 0 fully saturated rings. The number of ether oxygens (including phenoxy) is 1. The van der Waals surface area contributed by atoms with Crippen molar-refractivity contribution in [3.63, 3.8) is 0 Å². The van der Waals surface area contributed by atoms with Gasteiger partial charge in [0.25, 0.3) is 5.91 Å². The summed E-state index contributed by atoms with van der Waals surface area (Å²) in [6.45, 7) is 2.13. The molecule has 3 N–H and O–H groups in total. The molecule has 7 heteroatoms. The number of nitrogen functional groups attached to an aromatic ring is 1. The molecule has 1 aromatic heterocycles. The molecule has 2 aromatic rings. The van der Waals surface area contributed by atoms with E-state index in [2.05, 4.69) is 10.4 Å². The monoisotopic (exact) mass is 278 g/mol. The number of carbonyl (C=O) groups is 1. The average molecular weight is 278 g/mol. The molecule has 0 bridgehead atoms. The number of hydrogen-bond donors (Lipinski definition) is 2. The summed E-state index contributed by atoms with van der Waals surface area (Å²) in [6, 6.07) is 4.20. The van der Waals surface area contributed by atoms with Crippen LogP contribution in [0.2, 0.25) is 0 Å². The lowest BCUT2D eigenvalue weighted by atomic mass is 10.2. The van der Waals surface area contributed by atoms with Crippen molar-refractivity contribution in [1.82, 2.24) is 9.78 Å². The van der Waals surface area contributed by atoms with Gasteiger partial charge in [-0.3, -0.25) is 9.48 Å². The third-order valence-corrected chi connectivity index (χ3v) is 2.72. The first-order chi connectivity index (χ1) is 9.52. The minimum atomic E-state index is -0.538. The summed E-state index contributed by atoms with van der Waals surface area (Å²) in [5.74, 6) is -0.594. The number of amides is 1. The summed E-state index contributed by atoms with van der Waals surface area (Å²) in [5, 5.41) is 6.43. The normalized spacial score (nSPS) is 10.3. The van der Waals surface area contributed by atoms with E-state index in [4.69, 9.17) is 10.5 Å². The maximum Gasteiger partial charge on any atom is 0.261 e. The van der Waals surface area contributed by atoms with Crippen molar-refractivity contribution < 1.29 is 13.9 Å². The molecule has 0 atom stereocenters. The van der Waals surface area contributed by atoms with E-state index in [1.54, 1.807) is 20.0 Å². The quantitative estimate of drug-likeness (QED) is 0.893. The van der Waals surface area contributed by atoms with E-state index in [9.17, 15) is 9.18 Å². The van der Waals surface area contributed by atoms with Crippen molar-refractivity contribution >= 4 is 17.4 Å². The molecule has 1 heterocycles. The van der Waals surface area contributed by atoms with E-state index < -0.39 is 11.7 Å². The van der Waals surface area contributed by atoms with Gasteiger partial charge in [0, 0.05) is 18.8 Å². The number of nitrogens with two attached hydrogens (primary N) is 1. The summed E-state index contributed by atoms with van der Waals surface area (Å²) < 4.78 is 20.1. The van der Waals surface area contributed by atoms with Gasteiger partial charge in [-0.2, -0.15) is 5.10 Å². The molecule has 6 nitrogen and oxygen atoms in total. The second kappa shape index (κ2) is 5.60. The molecule has 0 unspecified atom stereocenters. The molecule has 1 aromatic carbocycles. The minimum absolute atomic E-state index is 0.145. The van der Waals surface area contributed by atoms with Gasteiger partial charge in [0.2, 0.25) is 0 Å². The molecule has 0 saturated heterocycles. The van der Waals surface area contributed by atoms with E-state index in [1.165, 1.54) is 23.0 Å². The van der Waals surface area contributed by atoms with Crippen LogP contribution in [0.4, 0.5) is 15.9 Å². The summed E-state index contributed by atoms with van der Waals surface area (Å²) in [4.78, 5) is 12.0. The van der Waals surface area contributed by atoms with E-state index >= 15 is 0 Å². The zero-order valence-corrected chi connectivity index (χ0v) is 11.2. The Bertz CT molecular complexity index is 639. The van der Waals surface area contributed by atoms with Crippen LogP contribution in [0.15, 0.2) is 24.4 Å². The van der Waals surface area contributed by atoms with Gasteiger partial charge >= 0.3 is 0 Å². The Morgan fingerprint density at radius 1 is 1.55 bits per heavy atom. The minimum Gasteiger partial charge on any atom is -0.491 e. The lowest BCUT2D eigenvalue weighted by molar-refractivity contribution is 0.102. The first-order valence-electron chi connectivity index (χ1n) is 6.04. The Morgan fingerprint density at radius 2 is 2.30 bits per heavy atom. The summed E-state index contributed by atoms with van der Waals surface area (Å²) >= 11 is 0. The van der Waals surface area contributed by atoms with Crippen molar-refractivity contribution in [1.29, 1.82) is 0 Å². The van der Waals surface area contributed by atoms with Gasteiger partial charge in [0.05, 0.1) is 12.8 Å². The lowest BCUT2D eigenvalue weighted by Gasteiger charge is -2.08. The van der Waals surface area contributed by atoms with Crippen molar-refractivity contribution in [2.24, 2.45) is 7.05 Å². The number of nitrogens with zero attached hydrogens (tertiary/aromatic N) is 2. The van der Waals surface area contributed by atoms with Crippen LogP contribution < -0.4 is 15.8 Å². The van der Waals surface area contributed by atoms with Crippen LogP contribution in [0.25, 0.3) is 0 Å². The highest BCUT2D eigenvalue weighted by molar-refractivity contribution is 6.07. The largest absolute Gasteiger partial charge is 0.491 e. The number of aryl methyl sites for hydroxylation is 1. The number of nitrogens with one attached hydrogen (secondary N) is 1. The lowest BCUT2D eigenvalue weighted by Crippen LogP contribution is -2.14. The van der Waals surface area contributed by atoms with Gasteiger partial charge in [-0.1, -0.05) is 0 Å². The van der Waals surface area contributed by atoms with E-state index in [0.29, 0.717) is 12.3 Å².